The highest BCUT2D eigenvalue weighted by atomic mass is 16.5. The van der Waals surface area contributed by atoms with Gasteiger partial charge in [-0.1, -0.05) is 13.8 Å². The molecule has 1 atom stereocenters. The lowest BCUT2D eigenvalue weighted by Gasteiger charge is -2.28. The summed E-state index contributed by atoms with van der Waals surface area (Å²) in [4.78, 5) is 18.7. The van der Waals surface area contributed by atoms with E-state index in [1.807, 2.05) is 17.9 Å². The molecule has 0 saturated heterocycles. The molecule has 0 spiro atoms. The average molecular weight is 293 g/mol. The van der Waals surface area contributed by atoms with E-state index >= 15 is 0 Å². The molecule has 0 aromatic carbocycles. The molecule has 1 amide bonds. The van der Waals surface area contributed by atoms with Gasteiger partial charge in [-0.3, -0.25) is 4.79 Å². The van der Waals surface area contributed by atoms with Gasteiger partial charge in [-0.25, -0.2) is 4.98 Å². The Kier molecular flexibility index (Phi) is 7.75. The normalized spacial score (nSPS) is 12.0. The minimum Gasteiger partial charge on any atom is -0.384 e. The fraction of sp³-hybridized carbons (Fsp3) is 0.625. The fourth-order valence-corrected chi connectivity index (χ4v) is 1.97. The number of anilines is 1. The molecule has 0 aliphatic rings. The van der Waals surface area contributed by atoms with E-state index in [2.05, 4.69) is 24.1 Å². The van der Waals surface area contributed by atoms with Gasteiger partial charge in [-0.05, 0) is 31.9 Å². The minimum atomic E-state index is -0.0385. The lowest BCUT2D eigenvalue weighted by atomic mass is 10.2. The van der Waals surface area contributed by atoms with E-state index in [1.54, 1.807) is 19.4 Å². The average Bonchev–Trinajstić information content (AvgIpc) is 2.53. The second kappa shape index (κ2) is 9.34. The number of carbonyl (C=O) groups is 1. The number of amides is 1. The molecule has 1 aromatic rings. The standard InChI is InChI=1S/C16H27N3O2/c1-5-9-17-14-7-8-15(18-12-14)16(20)19(10-11-21-4)13(3)6-2/h7-8,12-13,17H,5-6,9-11H2,1-4H3. The highest BCUT2D eigenvalue weighted by molar-refractivity contribution is 5.92. The van der Waals surface area contributed by atoms with Crippen molar-refractivity contribution in [3.05, 3.63) is 24.0 Å². The SMILES string of the molecule is CCCNc1ccc(C(=O)N(CCOC)C(C)CC)nc1. The molecule has 0 bridgehead atoms. The van der Waals surface area contributed by atoms with Crippen LogP contribution in [0.3, 0.4) is 0 Å². The van der Waals surface area contributed by atoms with Crippen LogP contribution in [0.2, 0.25) is 0 Å². The monoisotopic (exact) mass is 293 g/mol. The molecule has 0 aliphatic carbocycles. The number of aromatic nitrogens is 1. The third kappa shape index (κ3) is 5.34. The third-order valence-corrected chi connectivity index (χ3v) is 3.48. The number of hydrogen-bond acceptors (Lipinski definition) is 4. The molecule has 1 aromatic heterocycles. The van der Waals surface area contributed by atoms with E-state index in [0.717, 1.165) is 25.1 Å². The number of rotatable bonds is 9. The molecule has 1 N–H and O–H groups in total. The Morgan fingerprint density at radius 3 is 2.71 bits per heavy atom. The molecule has 21 heavy (non-hydrogen) atoms. The summed E-state index contributed by atoms with van der Waals surface area (Å²) in [5, 5.41) is 3.25. The summed E-state index contributed by atoms with van der Waals surface area (Å²) < 4.78 is 5.09. The highest BCUT2D eigenvalue weighted by Gasteiger charge is 2.21. The van der Waals surface area contributed by atoms with Crippen LogP contribution in [-0.4, -0.2) is 48.6 Å². The molecule has 5 nitrogen and oxygen atoms in total. The van der Waals surface area contributed by atoms with Crippen molar-refractivity contribution in [2.75, 3.05) is 32.1 Å². The number of nitrogens with one attached hydrogen (secondary N) is 1. The zero-order valence-corrected chi connectivity index (χ0v) is 13.6. The number of methoxy groups -OCH3 is 1. The predicted molar refractivity (Wildman–Crippen MR) is 85.7 cm³/mol. The first-order chi connectivity index (χ1) is 10.1. The first-order valence-electron chi connectivity index (χ1n) is 7.63. The van der Waals surface area contributed by atoms with Crippen LogP contribution >= 0.6 is 0 Å². The van der Waals surface area contributed by atoms with E-state index < -0.39 is 0 Å². The Bertz CT molecular complexity index is 420. The van der Waals surface area contributed by atoms with Crippen LogP contribution in [0.1, 0.15) is 44.1 Å². The van der Waals surface area contributed by atoms with Crippen molar-refractivity contribution < 1.29 is 9.53 Å². The van der Waals surface area contributed by atoms with Crippen LogP contribution in [0.4, 0.5) is 5.69 Å². The van der Waals surface area contributed by atoms with Gasteiger partial charge in [0.25, 0.3) is 5.91 Å². The number of ether oxygens (including phenoxy) is 1. The molecular weight excluding hydrogens is 266 g/mol. The van der Waals surface area contributed by atoms with Crippen LogP contribution in [0, 0.1) is 0 Å². The van der Waals surface area contributed by atoms with Crippen molar-refractivity contribution >= 4 is 11.6 Å². The van der Waals surface area contributed by atoms with Gasteiger partial charge in [0, 0.05) is 26.2 Å². The van der Waals surface area contributed by atoms with E-state index in [0.29, 0.717) is 18.8 Å². The second-order valence-electron chi connectivity index (χ2n) is 5.11. The van der Waals surface area contributed by atoms with Gasteiger partial charge in [0.2, 0.25) is 0 Å². The number of carbonyl (C=O) groups excluding carboxylic acids is 1. The van der Waals surface area contributed by atoms with Crippen molar-refractivity contribution in [1.82, 2.24) is 9.88 Å². The summed E-state index contributed by atoms with van der Waals surface area (Å²) >= 11 is 0. The Balaban J connectivity index is 2.77. The van der Waals surface area contributed by atoms with Crippen molar-refractivity contribution in [1.29, 1.82) is 0 Å². The maximum atomic E-state index is 12.6. The predicted octanol–water partition coefficient (Wildman–Crippen LogP) is 2.79. The van der Waals surface area contributed by atoms with Crippen molar-refractivity contribution in [3.63, 3.8) is 0 Å². The van der Waals surface area contributed by atoms with Gasteiger partial charge < -0.3 is 15.0 Å². The summed E-state index contributed by atoms with van der Waals surface area (Å²) in [7, 11) is 1.64. The van der Waals surface area contributed by atoms with Crippen LogP contribution in [0.25, 0.3) is 0 Å². The molecule has 118 valence electrons. The van der Waals surface area contributed by atoms with Crippen molar-refractivity contribution in [2.45, 2.75) is 39.7 Å². The highest BCUT2D eigenvalue weighted by Crippen LogP contribution is 2.12. The first-order valence-corrected chi connectivity index (χ1v) is 7.63. The van der Waals surface area contributed by atoms with Crippen molar-refractivity contribution in [3.8, 4) is 0 Å². The molecule has 5 heteroatoms. The Morgan fingerprint density at radius 1 is 1.43 bits per heavy atom. The van der Waals surface area contributed by atoms with Crippen LogP contribution in [0.5, 0.6) is 0 Å². The summed E-state index contributed by atoms with van der Waals surface area (Å²) in [6.45, 7) is 8.25. The first kappa shape index (κ1) is 17.4. The van der Waals surface area contributed by atoms with Gasteiger partial charge in [-0.2, -0.15) is 0 Å². The number of nitrogens with zero attached hydrogens (tertiary/aromatic N) is 2. The van der Waals surface area contributed by atoms with E-state index in [9.17, 15) is 4.79 Å². The molecule has 0 aliphatic heterocycles. The quantitative estimate of drug-likeness (QED) is 0.760. The van der Waals surface area contributed by atoms with E-state index in [1.165, 1.54) is 0 Å². The molecule has 1 unspecified atom stereocenters. The summed E-state index contributed by atoms with van der Waals surface area (Å²) in [6, 6.07) is 3.86. The zero-order chi connectivity index (χ0) is 15.7. The van der Waals surface area contributed by atoms with E-state index in [4.69, 9.17) is 4.74 Å². The van der Waals surface area contributed by atoms with Crippen molar-refractivity contribution in [2.24, 2.45) is 0 Å². The maximum Gasteiger partial charge on any atom is 0.272 e. The van der Waals surface area contributed by atoms with Crippen LogP contribution in [0.15, 0.2) is 18.3 Å². The third-order valence-electron chi connectivity index (χ3n) is 3.48. The summed E-state index contributed by atoms with van der Waals surface area (Å²) in [5.41, 5.74) is 1.42. The molecule has 1 rings (SSSR count). The summed E-state index contributed by atoms with van der Waals surface area (Å²) in [5.74, 6) is -0.0385. The smallest absolute Gasteiger partial charge is 0.272 e. The summed E-state index contributed by atoms with van der Waals surface area (Å²) in [6.07, 6.45) is 3.68. The molecule has 1 heterocycles. The van der Waals surface area contributed by atoms with Gasteiger partial charge in [0.15, 0.2) is 0 Å². The topological polar surface area (TPSA) is 54.5 Å². The van der Waals surface area contributed by atoms with Gasteiger partial charge in [0.1, 0.15) is 5.69 Å². The zero-order valence-electron chi connectivity index (χ0n) is 13.6. The Hall–Kier alpha value is -1.62. The number of hydrogen-bond donors (Lipinski definition) is 1. The van der Waals surface area contributed by atoms with Gasteiger partial charge in [0.05, 0.1) is 18.5 Å². The molecule has 0 fully saturated rings. The lowest BCUT2D eigenvalue weighted by Crippen LogP contribution is -2.40. The van der Waals surface area contributed by atoms with Gasteiger partial charge >= 0.3 is 0 Å². The lowest BCUT2D eigenvalue weighted by molar-refractivity contribution is 0.0608. The largest absolute Gasteiger partial charge is 0.384 e. The second-order valence-corrected chi connectivity index (χ2v) is 5.11. The Labute approximate surface area is 127 Å². The minimum absolute atomic E-state index is 0.0385. The molecular formula is C16H27N3O2. The Morgan fingerprint density at radius 2 is 2.19 bits per heavy atom. The maximum absolute atomic E-state index is 12.6. The number of pyridine rings is 1. The van der Waals surface area contributed by atoms with E-state index in [-0.39, 0.29) is 11.9 Å². The van der Waals surface area contributed by atoms with Crippen LogP contribution in [-0.2, 0) is 4.74 Å². The van der Waals surface area contributed by atoms with Crippen LogP contribution < -0.4 is 5.32 Å². The van der Waals surface area contributed by atoms with Gasteiger partial charge in [-0.15, -0.1) is 0 Å². The fourth-order valence-electron chi connectivity index (χ4n) is 1.97. The molecule has 0 radical (unpaired) electrons. The molecule has 0 saturated carbocycles.